The summed E-state index contributed by atoms with van der Waals surface area (Å²) in [6, 6.07) is 8.97. The first-order chi connectivity index (χ1) is 18.5. The molecule has 2 aliphatic rings. The first kappa shape index (κ1) is 27.7. The summed E-state index contributed by atoms with van der Waals surface area (Å²) in [5.74, 6) is 7.60. The van der Waals surface area contributed by atoms with Crippen molar-refractivity contribution >= 4 is 29.5 Å². The molecule has 10 nitrogen and oxygen atoms in total. The lowest BCUT2D eigenvalue weighted by Crippen LogP contribution is -2.52. The van der Waals surface area contributed by atoms with E-state index in [1.165, 1.54) is 4.90 Å². The summed E-state index contributed by atoms with van der Waals surface area (Å²) in [7, 11) is 1.56. The quantitative estimate of drug-likeness (QED) is 0.456. The molecule has 0 aliphatic heterocycles. The molecular weight excluding hydrogens is 494 g/mol. The van der Waals surface area contributed by atoms with E-state index in [1.807, 2.05) is 12.1 Å². The first-order valence-corrected chi connectivity index (χ1v) is 13.2. The Morgan fingerprint density at radius 3 is 2.46 bits per heavy atom. The highest BCUT2D eigenvalue weighted by Gasteiger charge is 2.33. The highest BCUT2D eigenvalue weighted by molar-refractivity contribution is 5.85. The maximum atomic E-state index is 12.7. The molecule has 1 aromatic carbocycles. The van der Waals surface area contributed by atoms with Crippen LogP contribution < -0.4 is 16.0 Å². The van der Waals surface area contributed by atoms with Gasteiger partial charge in [-0.05, 0) is 77.6 Å². The molecule has 39 heavy (non-hydrogen) atoms. The predicted octanol–water partition coefficient (Wildman–Crippen LogP) is 4.17. The zero-order valence-electron chi connectivity index (χ0n) is 23.0. The Hall–Kier alpha value is -4.31. The number of nitrogens with zero attached hydrogens (tertiary/aromatic N) is 4. The van der Waals surface area contributed by atoms with Crippen molar-refractivity contribution < 1.29 is 14.3 Å². The van der Waals surface area contributed by atoms with Crippen LogP contribution in [0.25, 0.3) is 0 Å². The second kappa shape index (κ2) is 11.6. The van der Waals surface area contributed by atoms with Crippen molar-refractivity contribution in [2.75, 3.05) is 17.7 Å². The standard InChI is InChI=1S/C29H35N7O3/c1-18(36(5)28(38)39-29(2,3)4)26(37)33-24-14-20(15-24)6-9-21-17-31-27(35-25(21)32-22-12-13-22)34-23-10-7-19(16-30)8-11-23/h7-8,10-11,17-18,20,22,24H,12-15H2,1-5H3,(H,33,37)(H2,31,32,34,35)/t18-,20?,24?/m0/s1. The molecule has 1 heterocycles. The van der Waals surface area contributed by atoms with Gasteiger partial charge < -0.3 is 20.7 Å². The molecule has 0 unspecified atom stereocenters. The van der Waals surface area contributed by atoms with Crippen molar-refractivity contribution in [1.82, 2.24) is 20.2 Å². The fourth-order valence-corrected chi connectivity index (χ4v) is 3.84. The SMILES string of the molecule is C[C@@H](C(=O)NC1CC(C#Cc2cnc(Nc3ccc(C#N)cc3)nc2NC2CC2)C1)N(C)C(=O)OC(C)(C)C. The number of carbonyl (C=O) groups excluding carboxylic acids is 2. The molecule has 2 aromatic rings. The number of rotatable bonds is 7. The van der Waals surface area contributed by atoms with Crippen LogP contribution in [-0.4, -0.2) is 57.6 Å². The maximum absolute atomic E-state index is 12.7. The smallest absolute Gasteiger partial charge is 0.410 e. The van der Waals surface area contributed by atoms with Gasteiger partial charge in [-0.2, -0.15) is 10.2 Å². The van der Waals surface area contributed by atoms with Crippen molar-refractivity contribution in [3.8, 4) is 17.9 Å². The number of nitrogens with one attached hydrogen (secondary N) is 3. The van der Waals surface area contributed by atoms with Gasteiger partial charge in [0.15, 0.2) is 0 Å². The van der Waals surface area contributed by atoms with Crippen LogP contribution in [-0.2, 0) is 9.53 Å². The van der Waals surface area contributed by atoms with Crippen LogP contribution in [0.4, 0.5) is 22.2 Å². The summed E-state index contributed by atoms with van der Waals surface area (Å²) in [6.07, 6.45) is 4.86. The largest absolute Gasteiger partial charge is 0.444 e. The summed E-state index contributed by atoms with van der Waals surface area (Å²) < 4.78 is 5.35. The molecule has 4 rings (SSSR count). The number of anilines is 3. The Kier molecular flexibility index (Phi) is 8.25. The molecule has 10 heteroatoms. The van der Waals surface area contributed by atoms with Gasteiger partial charge in [0, 0.05) is 30.7 Å². The normalized spacial score (nSPS) is 18.8. The number of hydrogen-bond acceptors (Lipinski definition) is 8. The summed E-state index contributed by atoms with van der Waals surface area (Å²) in [4.78, 5) is 35.3. The molecule has 2 amide bonds. The van der Waals surface area contributed by atoms with Crippen molar-refractivity contribution in [3.05, 3.63) is 41.6 Å². The van der Waals surface area contributed by atoms with Gasteiger partial charge in [0.05, 0.1) is 23.4 Å². The van der Waals surface area contributed by atoms with E-state index in [0.29, 0.717) is 23.4 Å². The second-order valence-corrected chi connectivity index (χ2v) is 11.1. The third-order valence-corrected chi connectivity index (χ3v) is 6.51. The average Bonchev–Trinajstić information content (AvgIpc) is 3.68. The van der Waals surface area contributed by atoms with E-state index in [4.69, 9.17) is 10.00 Å². The number of nitriles is 1. The van der Waals surface area contributed by atoms with Crippen LogP contribution in [0.15, 0.2) is 30.5 Å². The van der Waals surface area contributed by atoms with E-state index in [9.17, 15) is 9.59 Å². The predicted molar refractivity (Wildman–Crippen MR) is 148 cm³/mol. The van der Waals surface area contributed by atoms with Crippen molar-refractivity contribution in [2.24, 2.45) is 5.92 Å². The van der Waals surface area contributed by atoms with Crippen LogP contribution >= 0.6 is 0 Å². The molecule has 1 aromatic heterocycles. The van der Waals surface area contributed by atoms with E-state index >= 15 is 0 Å². The van der Waals surface area contributed by atoms with Crippen LogP contribution in [0.2, 0.25) is 0 Å². The lowest BCUT2D eigenvalue weighted by atomic mass is 9.80. The lowest BCUT2D eigenvalue weighted by Gasteiger charge is -2.34. The van der Waals surface area contributed by atoms with Crippen LogP contribution in [0, 0.1) is 29.1 Å². The third kappa shape index (κ3) is 7.84. The van der Waals surface area contributed by atoms with Crippen LogP contribution in [0.1, 0.15) is 64.5 Å². The average molecular weight is 530 g/mol. The fraction of sp³-hybridized carbons (Fsp3) is 0.483. The number of likely N-dealkylation sites (N-methyl/N-ethyl adjacent to an activating group) is 1. The van der Waals surface area contributed by atoms with Gasteiger partial charge in [-0.3, -0.25) is 9.69 Å². The van der Waals surface area contributed by atoms with Crippen LogP contribution in [0.3, 0.4) is 0 Å². The molecule has 0 radical (unpaired) electrons. The molecule has 1 atom stereocenters. The Morgan fingerprint density at radius 2 is 1.85 bits per heavy atom. The van der Waals surface area contributed by atoms with Gasteiger partial charge in [-0.1, -0.05) is 11.8 Å². The lowest BCUT2D eigenvalue weighted by molar-refractivity contribution is -0.126. The zero-order valence-corrected chi connectivity index (χ0v) is 23.0. The highest BCUT2D eigenvalue weighted by Crippen LogP contribution is 2.29. The van der Waals surface area contributed by atoms with Crippen molar-refractivity contribution in [2.45, 2.75) is 77.1 Å². The van der Waals surface area contributed by atoms with Gasteiger partial charge in [0.25, 0.3) is 0 Å². The van der Waals surface area contributed by atoms with Gasteiger partial charge in [0.1, 0.15) is 17.5 Å². The number of aromatic nitrogens is 2. The van der Waals surface area contributed by atoms with E-state index in [0.717, 1.165) is 36.9 Å². The first-order valence-electron chi connectivity index (χ1n) is 13.2. The minimum atomic E-state index is -0.644. The van der Waals surface area contributed by atoms with Gasteiger partial charge in [0.2, 0.25) is 11.9 Å². The molecule has 0 saturated heterocycles. The number of carbonyl (C=O) groups is 2. The molecular formula is C29H35N7O3. The van der Waals surface area contributed by atoms with E-state index < -0.39 is 17.7 Å². The summed E-state index contributed by atoms with van der Waals surface area (Å²) >= 11 is 0. The van der Waals surface area contributed by atoms with Crippen molar-refractivity contribution in [3.63, 3.8) is 0 Å². The summed E-state index contributed by atoms with van der Waals surface area (Å²) in [5, 5.41) is 18.6. The number of ether oxygens (including phenoxy) is 1. The summed E-state index contributed by atoms with van der Waals surface area (Å²) in [6.45, 7) is 7.06. The Balaban J connectivity index is 1.32. The monoisotopic (exact) mass is 529 g/mol. The minimum Gasteiger partial charge on any atom is -0.444 e. The summed E-state index contributed by atoms with van der Waals surface area (Å²) in [5.41, 5.74) is 1.48. The highest BCUT2D eigenvalue weighted by atomic mass is 16.6. The van der Waals surface area contributed by atoms with Gasteiger partial charge in [-0.25, -0.2) is 9.78 Å². The van der Waals surface area contributed by atoms with Crippen molar-refractivity contribution in [1.29, 1.82) is 5.26 Å². The topological polar surface area (TPSA) is 132 Å². The fourth-order valence-electron chi connectivity index (χ4n) is 3.84. The molecule has 2 fully saturated rings. The second-order valence-electron chi connectivity index (χ2n) is 11.1. The maximum Gasteiger partial charge on any atom is 0.410 e. The number of benzene rings is 1. The number of hydrogen-bond donors (Lipinski definition) is 3. The van der Waals surface area contributed by atoms with E-state index in [-0.39, 0.29) is 17.9 Å². The molecule has 3 N–H and O–H groups in total. The molecule has 0 spiro atoms. The van der Waals surface area contributed by atoms with Crippen LogP contribution in [0.5, 0.6) is 0 Å². The molecule has 2 aliphatic carbocycles. The molecule has 2 saturated carbocycles. The Morgan fingerprint density at radius 1 is 1.15 bits per heavy atom. The molecule has 204 valence electrons. The van der Waals surface area contributed by atoms with E-state index in [1.54, 1.807) is 53.1 Å². The Labute approximate surface area is 229 Å². The van der Waals surface area contributed by atoms with Gasteiger partial charge in [-0.15, -0.1) is 0 Å². The Bertz CT molecular complexity index is 1310. The third-order valence-electron chi connectivity index (χ3n) is 6.51. The van der Waals surface area contributed by atoms with Gasteiger partial charge >= 0.3 is 6.09 Å². The minimum absolute atomic E-state index is 0.0191. The van der Waals surface area contributed by atoms with E-state index in [2.05, 4.69) is 43.8 Å². The number of amides is 2. The zero-order chi connectivity index (χ0) is 28.2. The molecule has 0 bridgehead atoms.